The van der Waals surface area contributed by atoms with E-state index in [1.165, 1.54) is 60.3 Å². The lowest BCUT2D eigenvalue weighted by atomic mass is 9.84. The normalized spacial score (nSPS) is 17.7. The predicted octanol–water partition coefficient (Wildman–Crippen LogP) is 6.47. The number of carbonyl (C=O) groups is 2. The number of hydrogen-bond donors (Lipinski definition) is 3. The summed E-state index contributed by atoms with van der Waals surface area (Å²) in [5, 5.41) is 14.6. The number of carbonyl (C=O) groups excluding carboxylic acids is 1. The van der Waals surface area contributed by atoms with Gasteiger partial charge in [0.2, 0.25) is 5.91 Å². The molecule has 0 bridgehead atoms. The van der Waals surface area contributed by atoms with E-state index < -0.39 is 47.5 Å². The van der Waals surface area contributed by atoms with Crippen LogP contribution in [0.15, 0.2) is 91.3 Å². The number of pyridine rings is 1. The second-order valence-electron chi connectivity index (χ2n) is 12.5. The number of amides is 2. The summed E-state index contributed by atoms with van der Waals surface area (Å²) in [4.78, 5) is 32.1. The molecule has 1 aliphatic carbocycles. The van der Waals surface area contributed by atoms with E-state index in [1.54, 1.807) is 0 Å². The quantitative estimate of drug-likeness (QED) is 0.186. The van der Waals surface area contributed by atoms with Gasteiger partial charge in [-0.1, -0.05) is 79.3 Å². The van der Waals surface area contributed by atoms with Crippen LogP contribution in [0.3, 0.4) is 0 Å². The van der Waals surface area contributed by atoms with Gasteiger partial charge in [-0.05, 0) is 53.8 Å². The van der Waals surface area contributed by atoms with Crippen LogP contribution in [0.1, 0.15) is 53.9 Å². The molecule has 11 heteroatoms. The maximum Gasteiger partial charge on any atom is 0.405 e. The molecule has 49 heavy (non-hydrogen) atoms. The van der Waals surface area contributed by atoms with E-state index in [9.17, 15) is 23.5 Å². The number of carboxylic acid groups (broad SMARTS) is 1. The smallest absolute Gasteiger partial charge is 0.405 e. The van der Waals surface area contributed by atoms with Crippen molar-refractivity contribution in [1.29, 1.82) is 0 Å². The fourth-order valence-corrected chi connectivity index (χ4v) is 6.79. The van der Waals surface area contributed by atoms with Crippen LogP contribution < -0.4 is 10.6 Å². The maximum atomic E-state index is 15.3. The van der Waals surface area contributed by atoms with Crippen LogP contribution in [0.2, 0.25) is 0 Å². The van der Waals surface area contributed by atoms with E-state index in [2.05, 4.69) is 44.5 Å². The summed E-state index contributed by atoms with van der Waals surface area (Å²) in [6.07, 6.45) is 4.08. The first-order valence-corrected chi connectivity index (χ1v) is 16.1. The number of hydrogen-bond acceptors (Lipinski definition) is 5. The molecular weight excluding hydrogens is 633 g/mol. The van der Waals surface area contributed by atoms with E-state index in [0.717, 1.165) is 45.0 Å². The number of benzene rings is 3. The summed E-state index contributed by atoms with van der Waals surface area (Å²) < 4.78 is 49.6. The van der Waals surface area contributed by atoms with Gasteiger partial charge in [0.15, 0.2) is 5.82 Å². The van der Waals surface area contributed by atoms with Crippen LogP contribution in [0, 0.1) is 29.3 Å². The van der Waals surface area contributed by atoms with Crippen molar-refractivity contribution in [3.05, 3.63) is 131 Å². The van der Waals surface area contributed by atoms with E-state index >= 15 is 4.39 Å². The van der Waals surface area contributed by atoms with Crippen LogP contribution in [0.25, 0.3) is 0 Å². The molecule has 1 saturated carbocycles. The lowest BCUT2D eigenvalue weighted by molar-refractivity contribution is -0.133. The third kappa shape index (κ3) is 8.28. The Morgan fingerprint density at radius 3 is 2.18 bits per heavy atom. The Labute approximate surface area is 282 Å². The van der Waals surface area contributed by atoms with Gasteiger partial charge in [0, 0.05) is 25.6 Å². The van der Waals surface area contributed by atoms with Crippen LogP contribution in [-0.2, 0) is 16.1 Å². The molecule has 8 nitrogen and oxygen atoms in total. The van der Waals surface area contributed by atoms with Gasteiger partial charge < -0.3 is 20.5 Å². The second-order valence-corrected chi connectivity index (χ2v) is 12.5. The molecule has 2 heterocycles. The number of aromatic nitrogens is 1. The van der Waals surface area contributed by atoms with Crippen LogP contribution in [0.5, 0.6) is 0 Å². The number of halogens is 3. The van der Waals surface area contributed by atoms with Gasteiger partial charge >= 0.3 is 6.09 Å². The van der Waals surface area contributed by atoms with Crippen LogP contribution in [0.4, 0.5) is 23.7 Å². The number of morpholine rings is 1. The Morgan fingerprint density at radius 1 is 0.939 bits per heavy atom. The molecule has 3 aromatic carbocycles. The summed E-state index contributed by atoms with van der Waals surface area (Å²) in [6.45, 7) is 1.99. The molecule has 6 rings (SSSR count). The number of nitrogens with zero attached hydrogens (tertiary/aromatic N) is 2. The third-order valence-corrected chi connectivity index (χ3v) is 8.96. The largest absolute Gasteiger partial charge is 0.465 e. The highest BCUT2D eigenvalue weighted by Crippen LogP contribution is 2.38. The van der Waals surface area contributed by atoms with E-state index in [1.807, 2.05) is 18.2 Å². The highest BCUT2D eigenvalue weighted by Gasteiger charge is 2.42. The second kappa shape index (κ2) is 14.9. The zero-order valence-corrected chi connectivity index (χ0v) is 26.5. The summed E-state index contributed by atoms with van der Waals surface area (Å²) >= 11 is 0. The topological polar surface area (TPSA) is 104 Å². The predicted molar refractivity (Wildman–Crippen MR) is 177 cm³/mol. The molecule has 2 fully saturated rings. The lowest BCUT2D eigenvalue weighted by Gasteiger charge is -2.43. The average molecular weight is 669 g/mol. The number of ether oxygens (including phenoxy) is 1. The first-order valence-electron chi connectivity index (χ1n) is 16.1. The molecule has 252 valence electrons. The summed E-state index contributed by atoms with van der Waals surface area (Å²) in [5.74, 6) is 2.25. The first-order chi connectivity index (χ1) is 23.7. The van der Waals surface area contributed by atoms with Crippen molar-refractivity contribution in [3.8, 4) is 11.8 Å². The number of nitrogens with one attached hydrogen (secondary N) is 2. The van der Waals surface area contributed by atoms with Crippen molar-refractivity contribution in [3.63, 3.8) is 0 Å². The highest BCUT2D eigenvalue weighted by atomic mass is 19.1. The van der Waals surface area contributed by atoms with Crippen molar-refractivity contribution in [2.75, 3.05) is 18.4 Å². The van der Waals surface area contributed by atoms with Gasteiger partial charge in [-0.2, -0.15) is 0 Å². The van der Waals surface area contributed by atoms with Crippen molar-refractivity contribution in [1.82, 2.24) is 15.2 Å². The molecule has 1 saturated heterocycles. The fourth-order valence-electron chi connectivity index (χ4n) is 6.79. The Balaban J connectivity index is 1.29. The zero-order chi connectivity index (χ0) is 34.4. The van der Waals surface area contributed by atoms with Crippen LogP contribution >= 0.6 is 0 Å². The Hall–Kier alpha value is -5.18. The molecule has 4 aromatic rings. The van der Waals surface area contributed by atoms with E-state index in [-0.39, 0.29) is 16.9 Å². The molecule has 1 aromatic heterocycles. The SMILES string of the molecule is O=C(O)NC(C(=O)Nc1cncc(F)c1C#C[C@@H]1CN(Cc2ccccc2)CC2(CCCC2)O1)C(c1ccc(F)cc1)c1ccc(F)cc1. The molecule has 1 spiro atoms. The number of rotatable bonds is 8. The van der Waals surface area contributed by atoms with Crippen LogP contribution in [-0.4, -0.2) is 57.8 Å². The highest BCUT2D eigenvalue weighted by molar-refractivity contribution is 5.98. The fraction of sp³-hybridized carbons (Fsp3) is 0.289. The first kappa shape index (κ1) is 33.7. The van der Waals surface area contributed by atoms with Crippen molar-refractivity contribution in [2.24, 2.45) is 0 Å². The van der Waals surface area contributed by atoms with Gasteiger partial charge in [-0.25, -0.2) is 18.0 Å². The Morgan fingerprint density at radius 2 is 1.57 bits per heavy atom. The monoisotopic (exact) mass is 668 g/mol. The van der Waals surface area contributed by atoms with Gasteiger partial charge in [0.1, 0.15) is 23.8 Å². The van der Waals surface area contributed by atoms with Crippen molar-refractivity contribution >= 4 is 17.7 Å². The van der Waals surface area contributed by atoms with Gasteiger partial charge in [0.05, 0.1) is 29.2 Å². The molecule has 2 aliphatic rings. The number of anilines is 1. The van der Waals surface area contributed by atoms with Crippen molar-refractivity contribution < 1.29 is 32.6 Å². The summed E-state index contributed by atoms with van der Waals surface area (Å²) in [5.41, 5.74) is 1.38. The molecule has 0 radical (unpaired) electrons. The summed E-state index contributed by atoms with van der Waals surface area (Å²) in [6, 6.07) is 19.0. The zero-order valence-electron chi connectivity index (χ0n) is 26.5. The van der Waals surface area contributed by atoms with E-state index in [0.29, 0.717) is 17.7 Å². The minimum atomic E-state index is -1.51. The van der Waals surface area contributed by atoms with Crippen molar-refractivity contribution in [2.45, 2.75) is 55.9 Å². The van der Waals surface area contributed by atoms with E-state index in [4.69, 9.17) is 4.74 Å². The Kier molecular flexibility index (Phi) is 10.3. The summed E-state index contributed by atoms with van der Waals surface area (Å²) in [7, 11) is 0. The lowest BCUT2D eigenvalue weighted by Crippen LogP contribution is -2.53. The van der Waals surface area contributed by atoms with Gasteiger partial charge in [-0.15, -0.1) is 0 Å². The molecule has 3 N–H and O–H groups in total. The minimum absolute atomic E-state index is 0.0702. The van der Waals surface area contributed by atoms with Gasteiger partial charge in [-0.3, -0.25) is 14.7 Å². The van der Waals surface area contributed by atoms with Gasteiger partial charge in [0.25, 0.3) is 0 Å². The molecular formula is C38H35F3N4O4. The molecule has 2 amide bonds. The molecule has 1 aliphatic heterocycles. The Bertz CT molecular complexity index is 1790. The molecule has 1 unspecified atom stereocenters. The molecule has 2 atom stereocenters. The standard InChI is InChI=1S/C38H35F3N4O4/c39-28-12-8-26(9-13-28)34(27-10-14-29(40)15-11-27)35(44-37(47)48)36(46)43-33-21-42-20-32(41)31(33)17-16-30-23-45(22-25-6-2-1-3-7-25)24-38(49-30)18-4-5-19-38/h1-3,6-15,20-21,30,34-35,44H,4-5,18-19,22-24H2,(H,43,46)(H,47,48)/t30-,35?/m1/s1. The average Bonchev–Trinajstić information content (AvgIpc) is 3.52. The maximum absolute atomic E-state index is 15.3. The minimum Gasteiger partial charge on any atom is -0.465 e. The third-order valence-electron chi connectivity index (χ3n) is 8.96.